The number of amides is 1. The lowest BCUT2D eigenvalue weighted by Gasteiger charge is -2.01. The summed E-state index contributed by atoms with van der Waals surface area (Å²) in [4.78, 5) is 11.3. The fourth-order valence-corrected chi connectivity index (χ4v) is 1.49. The van der Waals surface area contributed by atoms with Crippen molar-refractivity contribution in [2.75, 3.05) is 6.54 Å². The van der Waals surface area contributed by atoms with Gasteiger partial charge in [0, 0.05) is 0 Å². The van der Waals surface area contributed by atoms with Gasteiger partial charge in [-0.15, -0.1) is 0 Å². The molecule has 2 N–H and O–H groups in total. The zero-order chi connectivity index (χ0) is 10.1. The van der Waals surface area contributed by atoms with Crippen LogP contribution in [0.25, 0.3) is 5.57 Å². The third kappa shape index (κ3) is 1.37. The molecule has 0 atom stereocenters. The number of nitrogens with one attached hydrogen (secondary N) is 1. The number of aliphatic hydroxyl groups excluding tert-OH is 1. The monoisotopic (exact) mass is 189 g/mol. The van der Waals surface area contributed by atoms with E-state index in [1.54, 1.807) is 0 Å². The summed E-state index contributed by atoms with van der Waals surface area (Å²) in [7, 11) is 0. The molecular weight excluding hydrogens is 178 g/mol. The molecule has 0 radical (unpaired) electrons. The second-order valence-electron chi connectivity index (χ2n) is 3.37. The van der Waals surface area contributed by atoms with E-state index in [0.717, 1.165) is 11.1 Å². The summed E-state index contributed by atoms with van der Waals surface area (Å²) < 4.78 is 0. The fraction of sp³-hybridized carbons (Fsp3) is 0.182. The van der Waals surface area contributed by atoms with Crippen LogP contribution >= 0.6 is 0 Å². The Labute approximate surface area is 82.1 Å². The first kappa shape index (κ1) is 8.81. The maximum atomic E-state index is 11.3. The largest absolute Gasteiger partial charge is 0.510 e. The lowest BCUT2D eigenvalue weighted by atomic mass is 10.0. The highest BCUT2D eigenvalue weighted by Crippen LogP contribution is 2.21. The van der Waals surface area contributed by atoms with Gasteiger partial charge in [-0.05, 0) is 12.5 Å². The normalized spacial score (nSPS) is 15.9. The van der Waals surface area contributed by atoms with Gasteiger partial charge in [0.15, 0.2) is 0 Å². The van der Waals surface area contributed by atoms with Crippen LogP contribution in [0.15, 0.2) is 30.0 Å². The standard InChI is InChI=1S/C11H11NO2/c1-7-2-4-8(5-3-7)10-9(13)6-12-11(10)14/h2-5,13H,6H2,1H3,(H,12,14). The minimum Gasteiger partial charge on any atom is -0.510 e. The molecule has 2 rings (SSSR count). The van der Waals surface area contributed by atoms with Crippen molar-refractivity contribution >= 4 is 11.5 Å². The lowest BCUT2D eigenvalue weighted by Crippen LogP contribution is -2.17. The quantitative estimate of drug-likeness (QED) is 0.701. The van der Waals surface area contributed by atoms with E-state index >= 15 is 0 Å². The van der Waals surface area contributed by atoms with E-state index in [-0.39, 0.29) is 18.2 Å². The predicted octanol–water partition coefficient (Wildman–Crippen LogP) is 1.39. The Hall–Kier alpha value is -1.77. The van der Waals surface area contributed by atoms with Crippen LogP contribution in [-0.2, 0) is 4.79 Å². The van der Waals surface area contributed by atoms with Crippen molar-refractivity contribution in [2.24, 2.45) is 0 Å². The summed E-state index contributed by atoms with van der Waals surface area (Å²) in [5.74, 6) is -0.0785. The predicted molar refractivity (Wildman–Crippen MR) is 53.7 cm³/mol. The van der Waals surface area contributed by atoms with Crippen LogP contribution in [-0.4, -0.2) is 17.6 Å². The number of hydrogen-bond acceptors (Lipinski definition) is 2. The smallest absolute Gasteiger partial charge is 0.255 e. The zero-order valence-electron chi connectivity index (χ0n) is 7.87. The Morgan fingerprint density at radius 2 is 1.93 bits per heavy atom. The van der Waals surface area contributed by atoms with E-state index in [4.69, 9.17) is 0 Å². The first-order chi connectivity index (χ1) is 6.68. The van der Waals surface area contributed by atoms with Crippen LogP contribution in [0.4, 0.5) is 0 Å². The molecule has 14 heavy (non-hydrogen) atoms. The molecule has 0 saturated carbocycles. The SMILES string of the molecule is Cc1ccc(C2=C(O)CNC2=O)cc1. The molecule has 0 unspecified atom stereocenters. The van der Waals surface area contributed by atoms with E-state index in [2.05, 4.69) is 5.32 Å². The van der Waals surface area contributed by atoms with Gasteiger partial charge >= 0.3 is 0 Å². The average molecular weight is 189 g/mol. The first-order valence-corrected chi connectivity index (χ1v) is 4.46. The second kappa shape index (κ2) is 3.18. The van der Waals surface area contributed by atoms with Gasteiger partial charge in [-0.3, -0.25) is 4.79 Å². The third-order valence-corrected chi connectivity index (χ3v) is 2.27. The minimum atomic E-state index is -0.202. The van der Waals surface area contributed by atoms with E-state index in [0.29, 0.717) is 5.57 Å². The molecule has 1 aromatic rings. The molecular formula is C11H11NO2. The van der Waals surface area contributed by atoms with E-state index < -0.39 is 0 Å². The molecule has 0 bridgehead atoms. The molecule has 1 aliphatic rings. The summed E-state index contributed by atoms with van der Waals surface area (Å²) in [6.07, 6.45) is 0. The Kier molecular flexibility index (Phi) is 2.00. The molecule has 3 nitrogen and oxygen atoms in total. The van der Waals surface area contributed by atoms with Crippen molar-refractivity contribution in [1.29, 1.82) is 0 Å². The summed E-state index contributed by atoms with van der Waals surface area (Å²) in [6, 6.07) is 7.51. The van der Waals surface area contributed by atoms with Crippen molar-refractivity contribution in [2.45, 2.75) is 6.92 Å². The number of hydrogen-bond donors (Lipinski definition) is 2. The van der Waals surface area contributed by atoms with Gasteiger partial charge in [-0.25, -0.2) is 0 Å². The molecule has 1 aliphatic heterocycles. The molecule has 1 heterocycles. The van der Waals surface area contributed by atoms with Crippen LogP contribution < -0.4 is 5.32 Å². The number of benzene rings is 1. The Balaban J connectivity index is 2.44. The number of aryl methyl sites for hydroxylation is 1. The number of carbonyl (C=O) groups is 1. The first-order valence-electron chi connectivity index (χ1n) is 4.46. The van der Waals surface area contributed by atoms with Crippen molar-refractivity contribution in [3.8, 4) is 0 Å². The number of aliphatic hydroxyl groups is 1. The van der Waals surface area contributed by atoms with Crippen LogP contribution in [0.5, 0.6) is 0 Å². The molecule has 0 aromatic heterocycles. The minimum absolute atomic E-state index is 0.124. The van der Waals surface area contributed by atoms with Crippen LogP contribution in [0.3, 0.4) is 0 Å². The van der Waals surface area contributed by atoms with Crippen molar-refractivity contribution in [3.05, 3.63) is 41.2 Å². The molecule has 0 aliphatic carbocycles. The van der Waals surface area contributed by atoms with E-state index in [1.807, 2.05) is 31.2 Å². The summed E-state index contributed by atoms with van der Waals surface area (Å²) in [5.41, 5.74) is 2.29. The highest BCUT2D eigenvalue weighted by molar-refractivity contribution is 6.22. The highest BCUT2D eigenvalue weighted by atomic mass is 16.3. The van der Waals surface area contributed by atoms with E-state index in [9.17, 15) is 9.90 Å². The summed E-state index contributed by atoms with van der Waals surface area (Å²) in [6.45, 7) is 2.22. The highest BCUT2D eigenvalue weighted by Gasteiger charge is 2.23. The third-order valence-electron chi connectivity index (χ3n) is 2.27. The van der Waals surface area contributed by atoms with Crippen LogP contribution in [0, 0.1) is 6.92 Å². The van der Waals surface area contributed by atoms with Gasteiger partial charge in [-0.1, -0.05) is 29.8 Å². The number of carbonyl (C=O) groups excluding carboxylic acids is 1. The molecule has 1 amide bonds. The molecule has 0 fully saturated rings. The Morgan fingerprint density at radius 1 is 1.29 bits per heavy atom. The lowest BCUT2D eigenvalue weighted by molar-refractivity contribution is -0.114. The topological polar surface area (TPSA) is 49.3 Å². The molecule has 0 spiro atoms. The van der Waals surface area contributed by atoms with Crippen molar-refractivity contribution in [3.63, 3.8) is 0 Å². The Morgan fingerprint density at radius 3 is 2.43 bits per heavy atom. The number of rotatable bonds is 1. The fourth-order valence-electron chi connectivity index (χ4n) is 1.49. The molecule has 1 aromatic carbocycles. The maximum Gasteiger partial charge on any atom is 0.255 e. The second-order valence-corrected chi connectivity index (χ2v) is 3.37. The summed E-state index contributed by atoms with van der Waals surface area (Å²) in [5, 5.41) is 12.0. The van der Waals surface area contributed by atoms with Gasteiger partial charge in [0.1, 0.15) is 5.76 Å². The summed E-state index contributed by atoms with van der Waals surface area (Å²) >= 11 is 0. The van der Waals surface area contributed by atoms with Crippen LogP contribution in [0.2, 0.25) is 0 Å². The zero-order valence-corrected chi connectivity index (χ0v) is 7.87. The average Bonchev–Trinajstić information content (AvgIpc) is 2.49. The molecule has 72 valence electrons. The molecule has 3 heteroatoms. The van der Waals surface area contributed by atoms with E-state index in [1.165, 1.54) is 0 Å². The van der Waals surface area contributed by atoms with Gasteiger partial charge in [-0.2, -0.15) is 0 Å². The van der Waals surface area contributed by atoms with Gasteiger partial charge in [0.05, 0.1) is 12.1 Å². The van der Waals surface area contributed by atoms with Crippen molar-refractivity contribution in [1.82, 2.24) is 5.32 Å². The van der Waals surface area contributed by atoms with Gasteiger partial charge < -0.3 is 10.4 Å². The Bertz CT molecular complexity index is 404. The van der Waals surface area contributed by atoms with Gasteiger partial charge in [0.2, 0.25) is 0 Å². The van der Waals surface area contributed by atoms with Crippen LogP contribution in [0.1, 0.15) is 11.1 Å². The van der Waals surface area contributed by atoms with Crippen molar-refractivity contribution < 1.29 is 9.90 Å². The van der Waals surface area contributed by atoms with Gasteiger partial charge in [0.25, 0.3) is 5.91 Å². The molecule has 0 saturated heterocycles. The maximum absolute atomic E-state index is 11.3.